The van der Waals surface area contributed by atoms with Gasteiger partial charge in [0.15, 0.2) is 4.34 Å². The van der Waals surface area contributed by atoms with E-state index in [2.05, 4.69) is 15.5 Å². The van der Waals surface area contributed by atoms with Crippen molar-refractivity contribution in [2.24, 2.45) is 0 Å². The summed E-state index contributed by atoms with van der Waals surface area (Å²) in [7, 11) is -3.60. The van der Waals surface area contributed by atoms with E-state index in [1.807, 2.05) is 32.2 Å². The SMILES string of the molecule is CSc1nnc(NC(=O)CN(c2ccc(C)cc2C)S(C)(=O)=O)s1. The van der Waals surface area contributed by atoms with E-state index in [9.17, 15) is 13.2 Å². The summed E-state index contributed by atoms with van der Waals surface area (Å²) in [6, 6.07) is 5.39. The maximum Gasteiger partial charge on any atom is 0.246 e. The molecule has 0 fully saturated rings. The van der Waals surface area contributed by atoms with Crippen molar-refractivity contribution < 1.29 is 13.2 Å². The number of aromatic nitrogens is 2. The number of sulfonamides is 1. The second kappa shape index (κ2) is 7.49. The van der Waals surface area contributed by atoms with Crippen LogP contribution in [0.25, 0.3) is 0 Å². The highest BCUT2D eigenvalue weighted by Gasteiger charge is 2.23. The number of amides is 1. The average Bonchev–Trinajstić information content (AvgIpc) is 2.92. The van der Waals surface area contributed by atoms with E-state index in [1.165, 1.54) is 23.1 Å². The van der Waals surface area contributed by atoms with Gasteiger partial charge in [0.2, 0.25) is 21.1 Å². The van der Waals surface area contributed by atoms with Gasteiger partial charge in [-0.05, 0) is 31.7 Å². The number of aryl methyl sites for hydroxylation is 2. The first-order valence-corrected chi connectivity index (χ1v) is 10.8. The molecule has 1 aromatic heterocycles. The summed E-state index contributed by atoms with van der Waals surface area (Å²) >= 11 is 2.66. The third-order valence-electron chi connectivity index (χ3n) is 3.14. The lowest BCUT2D eigenvalue weighted by Crippen LogP contribution is -2.37. The van der Waals surface area contributed by atoms with Crippen molar-refractivity contribution in [2.75, 3.05) is 28.7 Å². The third-order valence-corrected chi connectivity index (χ3v) is 6.08. The minimum Gasteiger partial charge on any atom is -0.299 e. The zero-order valence-corrected chi connectivity index (χ0v) is 16.2. The molecule has 2 aromatic rings. The van der Waals surface area contributed by atoms with Crippen molar-refractivity contribution in [2.45, 2.75) is 18.2 Å². The van der Waals surface area contributed by atoms with Crippen molar-refractivity contribution in [3.63, 3.8) is 0 Å². The van der Waals surface area contributed by atoms with Crippen LogP contribution in [0.2, 0.25) is 0 Å². The van der Waals surface area contributed by atoms with Crippen LogP contribution in [-0.2, 0) is 14.8 Å². The molecule has 130 valence electrons. The van der Waals surface area contributed by atoms with Gasteiger partial charge in [0.25, 0.3) is 0 Å². The summed E-state index contributed by atoms with van der Waals surface area (Å²) in [5, 5.41) is 10.7. The molecular weight excluding hydrogens is 368 g/mol. The van der Waals surface area contributed by atoms with Crippen molar-refractivity contribution >= 4 is 49.8 Å². The third kappa shape index (κ3) is 4.68. The highest BCUT2D eigenvalue weighted by atomic mass is 32.2. The van der Waals surface area contributed by atoms with E-state index in [0.717, 1.165) is 26.0 Å². The fourth-order valence-corrected chi connectivity index (χ4v) is 4.20. The van der Waals surface area contributed by atoms with Crippen LogP contribution >= 0.6 is 23.1 Å². The second-order valence-electron chi connectivity index (χ2n) is 5.18. The molecule has 2 rings (SSSR count). The molecule has 10 heteroatoms. The average molecular weight is 387 g/mol. The van der Waals surface area contributed by atoms with Gasteiger partial charge in [0.05, 0.1) is 11.9 Å². The van der Waals surface area contributed by atoms with Crippen LogP contribution in [-0.4, -0.2) is 43.6 Å². The molecule has 0 unspecified atom stereocenters. The van der Waals surface area contributed by atoms with E-state index in [4.69, 9.17) is 0 Å². The highest BCUT2D eigenvalue weighted by molar-refractivity contribution is 8.00. The number of benzene rings is 1. The summed E-state index contributed by atoms with van der Waals surface area (Å²) in [6.07, 6.45) is 2.94. The number of nitrogens with one attached hydrogen (secondary N) is 1. The van der Waals surface area contributed by atoms with Crippen molar-refractivity contribution in [1.82, 2.24) is 10.2 Å². The molecule has 0 atom stereocenters. The Labute approximate surface area is 149 Å². The van der Waals surface area contributed by atoms with E-state index in [1.54, 1.807) is 6.07 Å². The van der Waals surface area contributed by atoms with Crippen LogP contribution in [0.15, 0.2) is 22.5 Å². The normalized spacial score (nSPS) is 11.3. The number of hydrogen-bond acceptors (Lipinski definition) is 7. The first-order chi connectivity index (χ1) is 11.2. The highest BCUT2D eigenvalue weighted by Crippen LogP contribution is 2.25. The Morgan fingerprint density at radius 1 is 1.33 bits per heavy atom. The maximum absolute atomic E-state index is 12.2. The zero-order valence-electron chi connectivity index (χ0n) is 13.7. The fraction of sp³-hybridized carbons (Fsp3) is 0.357. The Morgan fingerprint density at radius 3 is 2.58 bits per heavy atom. The predicted octanol–water partition coefficient (Wildman–Crippen LogP) is 2.28. The Bertz CT molecular complexity index is 849. The number of anilines is 2. The van der Waals surface area contributed by atoms with Crippen LogP contribution in [0, 0.1) is 13.8 Å². The van der Waals surface area contributed by atoms with Gasteiger partial charge in [0, 0.05) is 0 Å². The molecule has 0 aliphatic heterocycles. The van der Waals surface area contributed by atoms with E-state index < -0.39 is 15.9 Å². The molecule has 0 aliphatic rings. The standard InChI is InChI=1S/C14H18N4O3S3/c1-9-5-6-11(10(2)7-9)18(24(4,20)21)8-12(19)15-13-16-17-14(22-3)23-13/h5-7H,8H2,1-4H3,(H,15,16,19). The summed E-state index contributed by atoms with van der Waals surface area (Å²) in [4.78, 5) is 12.2. The molecule has 0 aliphatic carbocycles. The topological polar surface area (TPSA) is 92.3 Å². The Morgan fingerprint density at radius 2 is 2.04 bits per heavy atom. The number of nitrogens with zero attached hydrogens (tertiary/aromatic N) is 3. The number of carbonyl (C=O) groups excluding carboxylic acids is 1. The number of rotatable bonds is 6. The molecule has 0 bridgehead atoms. The second-order valence-corrected chi connectivity index (χ2v) is 9.12. The first-order valence-electron chi connectivity index (χ1n) is 6.93. The van der Waals surface area contributed by atoms with Crippen molar-refractivity contribution in [3.05, 3.63) is 29.3 Å². The van der Waals surface area contributed by atoms with Gasteiger partial charge >= 0.3 is 0 Å². The minimum absolute atomic E-state index is 0.323. The van der Waals surface area contributed by atoms with Gasteiger partial charge in [-0.2, -0.15) is 0 Å². The molecule has 0 radical (unpaired) electrons. The van der Waals surface area contributed by atoms with Crippen LogP contribution < -0.4 is 9.62 Å². The molecule has 0 saturated carbocycles. The van der Waals surface area contributed by atoms with Crippen LogP contribution in [0.5, 0.6) is 0 Å². The lowest BCUT2D eigenvalue weighted by atomic mass is 10.1. The van der Waals surface area contributed by atoms with Gasteiger partial charge < -0.3 is 0 Å². The number of hydrogen-bond donors (Lipinski definition) is 1. The van der Waals surface area contributed by atoms with E-state index in [-0.39, 0.29) is 6.54 Å². The smallest absolute Gasteiger partial charge is 0.246 e. The number of carbonyl (C=O) groups is 1. The first kappa shape index (κ1) is 18.7. The Kier molecular flexibility index (Phi) is 5.83. The van der Waals surface area contributed by atoms with Gasteiger partial charge in [-0.25, -0.2) is 8.42 Å². The Hall–Kier alpha value is -1.65. The number of thioether (sulfide) groups is 1. The van der Waals surface area contributed by atoms with Gasteiger partial charge in [-0.15, -0.1) is 10.2 Å². The summed E-state index contributed by atoms with van der Waals surface area (Å²) < 4.78 is 26.1. The summed E-state index contributed by atoms with van der Waals surface area (Å²) in [5.74, 6) is -0.468. The molecule has 1 heterocycles. The lowest BCUT2D eigenvalue weighted by Gasteiger charge is -2.23. The molecule has 0 spiro atoms. The monoisotopic (exact) mass is 386 g/mol. The largest absolute Gasteiger partial charge is 0.299 e. The molecule has 1 amide bonds. The van der Waals surface area contributed by atoms with Crippen molar-refractivity contribution in [1.29, 1.82) is 0 Å². The Balaban J connectivity index is 2.21. The fourth-order valence-electron chi connectivity index (χ4n) is 2.10. The molecule has 7 nitrogen and oxygen atoms in total. The van der Waals surface area contributed by atoms with Gasteiger partial charge in [-0.1, -0.05) is 40.8 Å². The predicted molar refractivity (Wildman–Crippen MR) is 98.4 cm³/mol. The maximum atomic E-state index is 12.2. The van der Waals surface area contributed by atoms with Gasteiger partial charge in [0.1, 0.15) is 6.54 Å². The lowest BCUT2D eigenvalue weighted by molar-refractivity contribution is -0.114. The van der Waals surface area contributed by atoms with Crippen LogP contribution in [0.3, 0.4) is 0 Å². The molecular formula is C14H18N4O3S3. The van der Waals surface area contributed by atoms with E-state index in [0.29, 0.717) is 10.8 Å². The quantitative estimate of drug-likeness (QED) is 0.605. The van der Waals surface area contributed by atoms with Crippen molar-refractivity contribution in [3.8, 4) is 0 Å². The zero-order chi connectivity index (χ0) is 17.9. The summed E-state index contributed by atoms with van der Waals surface area (Å²) in [5.41, 5.74) is 2.29. The van der Waals surface area contributed by atoms with Crippen LogP contribution in [0.4, 0.5) is 10.8 Å². The van der Waals surface area contributed by atoms with Gasteiger partial charge in [-0.3, -0.25) is 14.4 Å². The molecule has 1 aromatic carbocycles. The molecule has 1 N–H and O–H groups in total. The minimum atomic E-state index is -3.60. The summed E-state index contributed by atoms with van der Waals surface area (Å²) in [6.45, 7) is 3.41. The van der Waals surface area contributed by atoms with E-state index >= 15 is 0 Å². The molecule has 24 heavy (non-hydrogen) atoms. The van der Waals surface area contributed by atoms with Crippen LogP contribution in [0.1, 0.15) is 11.1 Å². The molecule has 0 saturated heterocycles.